The van der Waals surface area contributed by atoms with Crippen LogP contribution in [0.25, 0.3) is 11.2 Å². The van der Waals surface area contributed by atoms with Gasteiger partial charge in [0.15, 0.2) is 5.65 Å². The van der Waals surface area contributed by atoms with Gasteiger partial charge in [-0.05, 0) is 31.9 Å². The molecule has 0 fully saturated rings. The van der Waals surface area contributed by atoms with Gasteiger partial charge in [0.05, 0.1) is 5.52 Å². The SMILES string of the molecule is CCCc1nc2nc(C)cc(C)c2[nH]1. The lowest BCUT2D eigenvalue weighted by atomic mass is 10.2. The summed E-state index contributed by atoms with van der Waals surface area (Å²) in [6.45, 7) is 6.24. The third-order valence-corrected chi connectivity index (χ3v) is 2.32. The largest absolute Gasteiger partial charge is 0.340 e. The van der Waals surface area contributed by atoms with Crippen LogP contribution in [0, 0.1) is 13.8 Å². The van der Waals surface area contributed by atoms with Crippen molar-refractivity contribution < 1.29 is 0 Å². The molecule has 0 atom stereocenters. The van der Waals surface area contributed by atoms with Crippen LogP contribution < -0.4 is 0 Å². The van der Waals surface area contributed by atoms with Crippen LogP contribution in [0.15, 0.2) is 6.07 Å². The normalized spacial score (nSPS) is 11.1. The minimum absolute atomic E-state index is 0.853. The number of pyridine rings is 1. The summed E-state index contributed by atoms with van der Waals surface area (Å²) in [7, 11) is 0. The number of fused-ring (bicyclic) bond motifs is 1. The summed E-state index contributed by atoms with van der Waals surface area (Å²) < 4.78 is 0. The van der Waals surface area contributed by atoms with E-state index in [1.54, 1.807) is 0 Å². The number of rotatable bonds is 2. The third-order valence-electron chi connectivity index (χ3n) is 2.32. The van der Waals surface area contributed by atoms with Crippen LogP contribution in [0.4, 0.5) is 0 Å². The highest BCUT2D eigenvalue weighted by Crippen LogP contribution is 2.15. The number of imidazole rings is 1. The van der Waals surface area contributed by atoms with Crippen molar-refractivity contribution in [1.29, 1.82) is 0 Å². The Balaban J connectivity index is 2.58. The van der Waals surface area contributed by atoms with Crippen molar-refractivity contribution in [3.63, 3.8) is 0 Å². The molecule has 74 valence electrons. The highest BCUT2D eigenvalue weighted by Gasteiger charge is 2.05. The molecule has 2 aromatic heterocycles. The summed E-state index contributed by atoms with van der Waals surface area (Å²) in [5.74, 6) is 1.05. The fourth-order valence-corrected chi connectivity index (χ4v) is 1.71. The van der Waals surface area contributed by atoms with E-state index in [9.17, 15) is 0 Å². The number of aromatic amines is 1. The van der Waals surface area contributed by atoms with E-state index < -0.39 is 0 Å². The predicted octanol–water partition coefficient (Wildman–Crippen LogP) is 2.53. The van der Waals surface area contributed by atoms with Gasteiger partial charge in [-0.25, -0.2) is 9.97 Å². The number of aromatic nitrogens is 3. The van der Waals surface area contributed by atoms with Gasteiger partial charge in [-0.15, -0.1) is 0 Å². The number of hydrogen-bond donors (Lipinski definition) is 1. The monoisotopic (exact) mass is 189 g/mol. The minimum atomic E-state index is 0.853. The van der Waals surface area contributed by atoms with E-state index >= 15 is 0 Å². The summed E-state index contributed by atoms with van der Waals surface area (Å²) in [4.78, 5) is 12.2. The molecule has 0 saturated carbocycles. The highest BCUT2D eigenvalue weighted by molar-refractivity contribution is 5.74. The zero-order valence-electron chi connectivity index (χ0n) is 8.89. The molecule has 0 aliphatic heterocycles. The van der Waals surface area contributed by atoms with Crippen molar-refractivity contribution >= 4 is 11.2 Å². The number of nitrogens with zero attached hydrogens (tertiary/aromatic N) is 2. The maximum atomic E-state index is 4.46. The molecule has 0 saturated heterocycles. The Morgan fingerprint density at radius 2 is 2.07 bits per heavy atom. The Hall–Kier alpha value is -1.38. The molecule has 0 bridgehead atoms. The molecule has 1 N–H and O–H groups in total. The Morgan fingerprint density at radius 3 is 2.79 bits per heavy atom. The maximum Gasteiger partial charge on any atom is 0.178 e. The highest BCUT2D eigenvalue weighted by atomic mass is 15.0. The van der Waals surface area contributed by atoms with Crippen LogP contribution in [0.3, 0.4) is 0 Å². The van der Waals surface area contributed by atoms with Gasteiger partial charge < -0.3 is 4.98 Å². The Kier molecular flexibility index (Phi) is 2.23. The summed E-state index contributed by atoms with van der Waals surface area (Å²) in [5.41, 5.74) is 4.19. The van der Waals surface area contributed by atoms with Gasteiger partial charge in [-0.3, -0.25) is 0 Å². The van der Waals surface area contributed by atoms with Gasteiger partial charge in [0.1, 0.15) is 5.82 Å². The van der Waals surface area contributed by atoms with E-state index in [0.717, 1.165) is 35.5 Å². The molecule has 2 rings (SSSR count). The smallest absolute Gasteiger partial charge is 0.178 e. The molecule has 3 nitrogen and oxygen atoms in total. The molecule has 0 aliphatic rings. The van der Waals surface area contributed by atoms with Gasteiger partial charge in [-0.1, -0.05) is 6.92 Å². The van der Waals surface area contributed by atoms with Crippen LogP contribution in [0.5, 0.6) is 0 Å². The zero-order valence-corrected chi connectivity index (χ0v) is 8.89. The fourth-order valence-electron chi connectivity index (χ4n) is 1.71. The fraction of sp³-hybridized carbons (Fsp3) is 0.455. The predicted molar refractivity (Wildman–Crippen MR) is 57.4 cm³/mol. The van der Waals surface area contributed by atoms with Crippen LogP contribution in [0.1, 0.15) is 30.4 Å². The van der Waals surface area contributed by atoms with E-state index in [0.29, 0.717) is 0 Å². The first-order valence-corrected chi connectivity index (χ1v) is 5.03. The van der Waals surface area contributed by atoms with Crippen LogP contribution in [-0.4, -0.2) is 15.0 Å². The van der Waals surface area contributed by atoms with Gasteiger partial charge in [0.25, 0.3) is 0 Å². The van der Waals surface area contributed by atoms with Gasteiger partial charge in [0.2, 0.25) is 0 Å². The van der Waals surface area contributed by atoms with E-state index in [1.165, 1.54) is 5.56 Å². The van der Waals surface area contributed by atoms with Gasteiger partial charge >= 0.3 is 0 Å². The van der Waals surface area contributed by atoms with Crippen molar-refractivity contribution in [2.45, 2.75) is 33.6 Å². The first kappa shape index (κ1) is 9.19. The molecule has 14 heavy (non-hydrogen) atoms. The second kappa shape index (κ2) is 3.40. The van der Waals surface area contributed by atoms with Crippen molar-refractivity contribution in [1.82, 2.24) is 15.0 Å². The van der Waals surface area contributed by atoms with Crippen molar-refractivity contribution in [3.05, 3.63) is 23.1 Å². The molecule has 0 unspecified atom stereocenters. The van der Waals surface area contributed by atoms with Gasteiger partial charge in [-0.2, -0.15) is 0 Å². The van der Waals surface area contributed by atoms with E-state index in [2.05, 4.69) is 34.9 Å². The molecule has 2 aromatic rings. The van der Waals surface area contributed by atoms with E-state index in [-0.39, 0.29) is 0 Å². The topological polar surface area (TPSA) is 41.6 Å². The van der Waals surface area contributed by atoms with Crippen molar-refractivity contribution in [2.75, 3.05) is 0 Å². The molecule has 0 radical (unpaired) electrons. The standard InChI is InChI=1S/C11H15N3/c1-4-5-9-13-10-7(2)6-8(3)12-11(10)14-9/h6H,4-5H2,1-3H3,(H,12,13,14). The number of nitrogens with one attached hydrogen (secondary N) is 1. The summed E-state index contributed by atoms with van der Waals surface area (Å²) in [5, 5.41) is 0. The Labute approximate surface area is 83.6 Å². The molecular formula is C11H15N3. The zero-order chi connectivity index (χ0) is 10.1. The molecule has 0 amide bonds. The molecular weight excluding hydrogens is 174 g/mol. The van der Waals surface area contributed by atoms with Crippen molar-refractivity contribution in [3.8, 4) is 0 Å². The molecule has 0 spiro atoms. The van der Waals surface area contributed by atoms with Crippen LogP contribution in [-0.2, 0) is 6.42 Å². The maximum absolute atomic E-state index is 4.46. The lowest BCUT2D eigenvalue weighted by Gasteiger charge is -1.95. The average Bonchev–Trinajstić information content (AvgIpc) is 2.48. The summed E-state index contributed by atoms with van der Waals surface area (Å²) in [6, 6.07) is 2.08. The molecule has 0 aromatic carbocycles. The Bertz CT molecular complexity index is 457. The number of hydrogen-bond acceptors (Lipinski definition) is 2. The van der Waals surface area contributed by atoms with E-state index in [4.69, 9.17) is 0 Å². The quantitative estimate of drug-likeness (QED) is 0.788. The summed E-state index contributed by atoms with van der Waals surface area (Å²) in [6.07, 6.45) is 2.10. The van der Waals surface area contributed by atoms with Crippen LogP contribution >= 0.6 is 0 Å². The first-order chi connectivity index (χ1) is 6.70. The molecule has 2 heterocycles. The molecule has 3 heteroatoms. The Morgan fingerprint density at radius 1 is 1.29 bits per heavy atom. The average molecular weight is 189 g/mol. The van der Waals surface area contributed by atoms with E-state index in [1.807, 2.05) is 6.92 Å². The minimum Gasteiger partial charge on any atom is -0.340 e. The lowest BCUT2D eigenvalue weighted by molar-refractivity contribution is 0.860. The van der Waals surface area contributed by atoms with Gasteiger partial charge in [0, 0.05) is 12.1 Å². The lowest BCUT2D eigenvalue weighted by Crippen LogP contribution is -1.85. The number of aryl methyl sites for hydroxylation is 3. The second-order valence-electron chi connectivity index (χ2n) is 3.71. The molecule has 0 aliphatic carbocycles. The summed E-state index contributed by atoms with van der Waals surface area (Å²) >= 11 is 0. The number of H-pyrrole nitrogens is 1. The van der Waals surface area contributed by atoms with Crippen LogP contribution in [0.2, 0.25) is 0 Å². The first-order valence-electron chi connectivity index (χ1n) is 5.03. The third kappa shape index (κ3) is 1.50. The second-order valence-corrected chi connectivity index (χ2v) is 3.71. The van der Waals surface area contributed by atoms with Crippen molar-refractivity contribution in [2.24, 2.45) is 0 Å².